The summed E-state index contributed by atoms with van der Waals surface area (Å²) in [4.78, 5) is 11.2. The molecule has 2 nitrogen and oxygen atoms in total. The molecule has 16 heavy (non-hydrogen) atoms. The molecule has 0 aliphatic carbocycles. The molecule has 4 heteroatoms. The fraction of sp³-hybridized carbons (Fsp3) is 0.0833. The number of aryl methyl sites for hydroxylation is 1. The Morgan fingerprint density at radius 1 is 1.31 bits per heavy atom. The van der Waals surface area contributed by atoms with Crippen LogP contribution in [-0.4, -0.2) is 6.29 Å². The molecule has 0 fully saturated rings. The second-order valence-corrected chi connectivity index (χ2v) is 5.11. The zero-order valence-corrected chi connectivity index (χ0v) is 11.0. The van der Waals surface area contributed by atoms with Crippen molar-refractivity contribution in [2.45, 2.75) is 6.92 Å². The van der Waals surface area contributed by atoms with E-state index >= 15 is 0 Å². The van der Waals surface area contributed by atoms with Gasteiger partial charge < -0.3 is 4.74 Å². The minimum atomic E-state index is 0.670. The Bertz CT molecular complexity index is 519. The highest BCUT2D eigenvalue weighted by atomic mass is 79.9. The van der Waals surface area contributed by atoms with Gasteiger partial charge in [-0.3, -0.25) is 4.79 Å². The molecular weight excluding hydrogens is 288 g/mol. The van der Waals surface area contributed by atoms with Crippen molar-refractivity contribution in [2.24, 2.45) is 0 Å². The van der Waals surface area contributed by atoms with Gasteiger partial charge in [0.15, 0.2) is 6.29 Å². The topological polar surface area (TPSA) is 26.3 Å². The monoisotopic (exact) mass is 296 g/mol. The Morgan fingerprint density at radius 3 is 2.75 bits per heavy atom. The van der Waals surface area contributed by atoms with Gasteiger partial charge in [-0.1, -0.05) is 15.9 Å². The summed E-state index contributed by atoms with van der Waals surface area (Å²) in [5.41, 5.74) is 1.11. The minimum absolute atomic E-state index is 0.670. The molecule has 0 unspecified atom stereocenters. The summed E-state index contributed by atoms with van der Waals surface area (Å²) in [5.74, 6) is 1.48. The molecular formula is C12H9BrO2S. The predicted molar refractivity (Wildman–Crippen MR) is 68.7 cm³/mol. The van der Waals surface area contributed by atoms with Crippen LogP contribution in [0.2, 0.25) is 0 Å². The summed E-state index contributed by atoms with van der Waals surface area (Å²) in [6.45, 7) is 2.00. The van der Waals surface area contributed by atoms with Crippen LogP contribution >= 0.6 is 27.3 Å². The van der Waals surface area contributed by atoms with Crippen molar-refractivity contribution in [2.75, 3.05) is 0 Å². The van der Waals surface area contributed by atoms with E-state index in [0.717, 1.165) is 22.1 Å². The number of benzene rings is 1. The third kappa shape index (κ3) is 2.51. The molecule has 0 bridgehead atoms. The van der Waals surface area contributed by atoms with Crippen LogP contribution in [0.4, 0.5) is 0 Å². The van der Waals surface area contributed by atoms with Crippen molar-refractivity contribution in [1.29, 1.82) is 0 Å². The molecule has 2 aromatic rings. The van der Waals surface area contributed by atoms with Crippen LogP contribution in [0.3, 0.4) is 0 Å². The Hall–Kier alpha value is -1.13. The second-order valence-electron chi connectivity index (χ2n) is 3.32. The Morgan fingerprint density at radius 2 is 2.12 bits per heavy atom. The van der Waals surface area contributed by atoms with Gasteiger partial charge >= 0.3 is 0 Å². The van der Waals surface area contributed by atoms with Crippen LogP contribution in [0.5, 0.6) is 11.5 Å². The highest BCUT2D eigenvalue weighted by molar-refractivity contribution is 9.10. The minimum Gasteiger partial charge on any atom is -0.456 e. The summed E-state index contributed by atoms with van der Waals surface area (Å²) in [6.07, 6.45) is 0.824. The maximum absolute atomic E-state index is 10.5. The van der Waals surface area contributed by atoms with E-state index in [-0.39, 0.29) is 0 Å². The van der Waals surface area contributed by atoms with Crippen molar-refractivity contribution in [3.63, 3.8) is 0 Å². The SMILES string of the molecule is Cc1cc(Oc2csc(C=O)c2)ccc1Br. The summed E-state index contributed by atoms with van der Waals surface area (Å²) >= 11 is 4.80. The van der Waals surface area contributed by atoms with E-state index in [4.69, 9.17) is 4.74 Å². The molecule has 0 radical (unpaired) electrons. The summed E-state index contributed by atoms with van der Waals surface area (Å²) in [5, 5.41) is 1.82. The van der Waals surface area contributed by atoms with Crippen LogP contribution in [0.1, 0.15) is 15.2 Å². The van der Waals surface area contributed by atoms with E-state index in [1.807, 2.05) is 30.5 Å². The van der Waals surface area contributed by atoms with Crippen LogP contribution in [0.15, 0.2) is 34.1 Å². The maximum Gasteiger partial charge on any atom is 0.160 e. The van der Waals surface area contributed by atoms with Crippen molar-refractivity contribution in [3.8, 4) is 11.5 Å². The fourth-order valence-electron chi connectivity index (χ4n) is 1.27. The maximum atomic E-state index is 10.5. The number of hydrogen-bond acceptors (Lipinski definition) is 3. The van der Waals surface area contributed by atoms with Gasteiger partial charge in [0.05, 0.1) is 4.88 Å². The normalized spacial score (nSPS) is 10.1. The number of carbonyl (C=O) groups excluding carboxylic acids is 1. The fourth-order valence-corrected chi connectivity index (χ4v) is 2.12. The molecule has 0 N–H and O–H groups in total. The van der Waals surface area contributed by atoms with E-state index in [0.29, 0.717) is 10.6 Å². The molecule has 82 valence electrons. The highest BCUT2D eigenvalue weighted by Crippen LogP contribution is 2.28. The van der Waals surface area contributed by atoms with Gasteiger partial charge in [-0.2, -0.15) is 0 Å². The number of aldehydes is 1. The van der Waals surface area contributed by atoms with Gasteiger partial charge in [-0.25, -0.2) is 0 Å². The summed E-state index contributed by atoms with van der Waals surface area (Å²) in [6, 6.07) is 7.50. The van der Waals surface area contributed by atoms with Gasteiger partial charge in [-0.05, 0) is 30.7 Å². The number of thiophene rings is 1. The Kier molecular flexibility index (Phi) is 3.41. The van der Waals surface area contributed by atoms with Crippen molar-refractivity contribution in [1.82, 2.24) is 0 Å². The van der Waals surface area contributed by atoms with E-state index in [9.17, 15) is 4.79 Å². The quantitative estimate of drug-likeness (QED) is 0.784. The second kappa shape index (κ2) is 4.80. The molecule has 0 saturated heterocycles. The van der Waals surface area contributed by atoms with Crippen molar-refractivity contribution in [3.05, 3.63) is 44.6 Å². The molecule has 0 amide bonds. The van der Waals surface area contributed by atoms with Crippen LogP contribution in [-0.2, 0) is 0 Å². The summed E-state index contributed by atoms with van der Waals surface area (Å²) < 4.78 is 6.68. The standard InChI is InChI=1S/C12H9BrO2S/c1-8-4-9(2-3-12(8)13)15-10-5-11(6-14)16-7-10/h2-7H,1H3. The molecule has 2 rings (SSSR count). The van der Waals surface area contributed by atoms with Gasteiger partial charge in [0, 0.05) is 15.9 Å². The molecule has 0 aliphatic rings. The van der Waals surface area contributed by atoms with Crippen molar-refractivity contribution < 1.29 is 9.53 Å². The Labute approximate surface area is 106 Å². The van der Waals surface area contributed by atoms with Crippen molar-refractivity contribution >= 4 is 33.6 Å². The largest absolute Gasteiger partial charge is 0.456 e. The number of hydrogen-bond donors (Lipinski definition) is 0. The van der Waals surface area contributed by atoms with Gasteiger partial charge in [0.1, 0.15) is 11.5 Å². The lowest BCUT2D eigenvalue weighted by atomic mass is 10.2. The first-order valence-electron chi connectivity index (χ1n) is 4.67. The smallest absolute Gasteiger partial charge is 0.160 e. The first-order valence-corrected chi connectivity index (χ1v) is 6.34. The van der Waals surface area contributed by atoms with E-state index in [2.05, 4.69) is 15.9 Å². The number of carbonyl (C=O) groups is 1. The van der Waals surface area contributed by atoms with E-state index in [1.165, 1.54) is 11.3 Å². The lowest BCUT2D eigenvalue weighted by molar-refractivity contribution is 0.112. The average molecular weight is 297 g/mol. The summed E-state index contributed by atoms with van der Waals surface area (Å²) in [7, 11) is 0. The average Bonchev–Trinajstić information content (AvgIpc) is 2.71. The number of rotatable bonds is 3. The molecule has 1 aromatic heterocycles. The van der Waals surface area contributed by atoms with Gasteiger partial charge in [0.25, 0.3) is 0 Å². The zero-order valence-electron chi connectivity index (χ0n) is 8.57. The van der Waals surface area contributed by atoms with E-state index in [1.54, 1.807) is 6.07 Å². The molecule has 0 aliphatic heterocycles. The highest BCUT2D eigenvalue weighted by Gasteiger charge is 2.03. The molecule has 1 heterocycles. The third-order valence-electron chi connectivity index (χ3n) is 2.08. The van der Waals surface area contributed by atoms with Gasteiger partial charge in [-0.15, -0.1) is 11.3 Å². The molecule has 1 aromatic carbocycles. The van der Waals surface area contributed by atoms with Crippen LogP contribution in [0.25, 0.3) is 0 Å². The zero-order chi connectivity index (χ0) is 11.5. The number of halogens is 1. The lowest BCUT2D eigenvalue weighted by Crippen LogP contribution is -1.83. The lowest BCUT2D eigenvalue weighted by Gasteiger charge is -2.04. The first-order chi connectivity index (χ1) is 7.69. The Balaban J connectivity index is 2.20. The third-order valence-corrected chi connectivity index (χ3v) is 3.80. The van der Waals surface area contributed by atoms with Crippen LogP contribution < -0.4 is 4.74 Å². The molecule has 0 saturated carbocycles. The first kappa shape index (κ1) is 11.4. The van der Waals surface area contributed by atoms with Gasteiger partial charge in [0.2, 0.25) is 0 Å². The number of ether oxygens (including phenoxy) is 1. The predicted octanol–water partition coefficient (Wildman–Crippen LogP) is 4.42. The molecule has 0 spiro atoms. The van der Waals surface area contributed by atoms with Crippen LogP contribution in [0, 0.1) is 6.92 Å². The molecule has 0 atom stereocenters. The van der Waals surface area contributed by atoms with E-state index < -0.39 is 0 Å².